The number of carbonyl (C=O) groups excluding carboxylic acids is 1. The van der Waals surface area contributed by atoms with Gasteiger partial charge >= 0.3 is 0 Å². The molecule has 3 rings (SSSR count). The molecule has 0 bridgehead atoms. The van der Waals surface area contributed by atoms with Crippen molar-refractivity contribution in [2.45, 2.75) is 13.0 Å². The van der Waals surface area contributed by atoms with Gasteiger partial charge < -0.3 is 9.47 Å². The highest BCUT2D eigenvalue weighted by molar-refractivity contribution is 8.16. The quantitative estimate of drug-likeness (QED) is 0.766. The van der Waals surface area contributed by atoms with E-state index in [9.17, 15) is 4.79 Å². The second-order valence-corrected chi connectivity index (χ2v) is 4.91. The zero-order chi connectivity index (χ0) is 11.7. The number of nitrogens with zero attached hydrogens (tertiary/aromatic N) is 3. The molecule has 2 aliphatic heterocycles. The van der Waals surface area contributed by atoms with Crippen LogP contribution in [0.25, 0.3) is 0 Å². The summed E-state index contributed by atoms with van der Waals surface area (Å²) < 4.78 is 1.97. The van der Waals surface area contributed by atoms with E-state index >= 15 is 0 Å². The molecule has 0 atom stereocenters. The standard InChI is InChI=1S/C12H13N3OS/c16-8-10-3-1-5-14(10)7-11-9-17-12-13-4-2-6-15(11)12/h1,3,5,8-9H,2,4,6-7H2. The van der Waals surface area contributed by atoms with E-state index in [1.54, 1.807) is 11.8 Å². The fourth-order valence-electron chi connectivity index (χ4n) is 2.11. The topological polar surface area (TPSA) is 37.6 Å². The number of fused-ring (bicyclic) bond motifs is 1. The van der Waals surface area contributed by atoms with Crippen LogP contribution >= 0.6 is 11.8 Å². The summed E-state index contributed by atoms with van der Waals surface area (Å²) in [5, 5.41) is 3.24. The molecule has 0 unspecified atom stereocenters. The first kappa shape index (κ1) is 10.7. The molecule has 5 heteroatoms. The molecule has 88 valence electrons. The number of aldehydes is 1. The van der Waals surface area contributed by atoms with E-state index < -0.39 is 0 Å². The predicted octanol–water partition coefficient (Wildman–Crippen LogP) is 1.95. The number of hydrogen-bond acceptors (Lipinski definition) is 4. The third-order valence-corrected chi connectivity index (χ3v) is 3.93. The van der Waals surface area contributed by atoms with Gasteiger partial charge in [-0.25, -0.2) is 0 Å². The summed E-state index contributed by atoms with van der Waals surface area (Å²) in [6.45, 7) is 2.71. The highest BCUT2D eigenvalue weighted by atomic mass is 32.2. The van der Waals surface area contributed by atoms with E-state index in [0.29, 0.717) is 0 Å². The monoisotopic (exact) mass is 247 g/mol. The molecule has 0 saturated heterocycles. The molecule has 0 amide bonds. The van der Waals surface area contributed by atoms with Crippen LogP contribution in [0.2, 0.25) is 0 Å². The first-order valence-corrected chi connectivity index (χ1v) is 6.54. The second-order valence-electron chi connectivity index (χ2n) is 4.08. The largest absolute Gasteiger partial charge is 0.339 e. The molecule has 0 fully saturated rings. The summed E-state index contributed by atoms with van der Waals surface area (Å²) in [7, 11) is 0. The van der Waals surface area contributed by atoms with Crippen LogP contribution < -0.4 is 0 Å². The van der Waals surface area contributed by atoms with Crippen LogP contribution in [0, 0.1) is 0 Å². The first-order chi connectivity index (χ1) is 8.38. The highest BCUT2D eigenvalue weighted by Crippen LogP contribution is 2.29. The van der Waals surface area contributed by atoms with Gasteiger partial charge in [0, 0.05) is 30.4 Å². The number of aliphatic imine (C=N–C) groups is 1. The predicted molar refractivity (Wildman–Crippen MR) is 69.1 cm³/mol. The summed E-state index contributed by atoms with van der Waals surface area (Å²) in [6, 6.07) is 3.73. The average Bonchev–Trinajstić information content (AvgIpc) is 2.97. The van der Waals surface area contributed by atoms with Crippen molar-refractivity contribution in [1.82, 2.24) is 9.47 Å². The molecule has 1 aromatic heterocycles. The van der Waals surface area contributed by atoms with Crippen molar-refractivity contribution >= 4 is 23.2 Å². The summed E-state index contributed by atoms with van der Waals surface area (Å²) in [6.07, 6.45) is 3.94. The summed E-state index contributed by atoms with van der Waals surface area (Å²) >= 11 is 1.68. The molecule has 0 aliphatic carbocycles. The SMILES string of the molecule is O=Cc1cccn1CC1=CSC2=NCCCN12. The number of rotatable bonds is 3. The van der Waals surface area contributed by atoms with E-state index in [2.05, 4.69) is 15.3 Å². The van der Waals surface area contributed by atoms with Crippen molar-refractivity contribution < 1.29 is 4.79 Å². The molecule has 0 saturated carbocycles. The fourth-order valence-corrected chi connectivity index (χ4v) is 3.06. The Morgan fingerprint density at radius 3 is 3.35 bits per heavy atom. The molecule has 0 aromatic carbocycles. The number of carbonyl (C=O) groups is 1. The maximum absolute atomic E-state index is 10.9. The molecule has 3 heterocycles. The Balaban J connectivity index is 1.80. The van der Waals surface area contributed by atoms with Gasteiger partial charge in [0.25, 0.3) is 0 Å². The van der Waals surface area contributed by atoms with Gasteiger partial charge in [-0.05, 0) is 18.6 Å². The Kier molecular flexibility index (Phi) is 2.76. The summed E-state index contributed by atoms with van der Waals surface area (Å²) in [5.41, 5.74) is 1.95. The molecule has 1 aromatic rings. The number of hydrogen-bond donors (Lipinski definition) is 0. The molecule has 0 radical (unpaired) electrons. The molecule has 0 spiro atoms. The minimum atomic E-state index is 0.721. The number of thioether (sulfide) groups is 1. The van der Waals surface area contributed by atoms with Crippen molar-refractivity contribution in [2.24, 2.45) is 4.99 Å². The van der Waals surface area contributed by atoms with Crippen LogP contribution in [-0.4, -0.2) is 34.0 Å². The van der Waals surface area contributed by atoms with E-state index in [4.69, 9.17) is 0 Å². The fraction of sp³-hybridized carbons (Fsp3) is 0.333. The summed E-state index contributed by atoms with van der Waals surface area (Å²) in [5.74, 6) is 0. The lowest BCUT2D eigenvalue weighted by molar-refractivity contribution is 0.111. The lowest BCUT2D eigenvalue weighted by Crippen LogP contribution is -2.31. The molecule has 4 nitrogen and oxygen atoms in total. The third-order valence-electron chi connectivity index (χ3n) is 2.98. The minimum absolute atomic E-state index is 0.721. The van der Waals surface area contributed by atoms with Gasteiger partial charge in [-0.3, -0.25) is 9.79 Å². The molecule has 17 heavy (non-hydrogen) atoms. The Hall–Kier alpha value is -1.49. The van der Waals surface area contributed by atoms with Crippen LogP contribution in [-0.2, 0) is 6.54 Å². The maximum Gasteiger partial charge on any atom is 0.167 e. The average molecular weight is 247 g/mol. The number of allylic oxidation sites excluding steroid dienone is 1. The Morgan fingerprint density at radius 1 is 1.53 bits per heavy atom. The molecular formula is C12H13N3OS. The van der Waals surface area contributed by atoms with Crippen LogP contribution in [0.3, 0.4) is 0 Å². The van der Waals surface area contributed by atoms with Crippen molar-refractivity contribution in [3.05, 3.63) is 35.1 Å². The number of amidine groups is 1. The van der Waals surface area contributed by atoms with E-state index in [0.717, 1.165) is 43.2 Å². The van der Waals surface area contributed by atoms with Gasteiger partial charge in [0.15, 0.2) is 11.5 Å². The lowest BCUT2D eigenvalue weighted by atomic mass is 10.3. The van der Waals surface area contributed by atoms with E-state index in [1.807, 2.05) is 22.9 Å². The Labute approximate surface area is 104 Å². The smallest absolute Gasteiger partial charge is 0.167 e. The van der Waals surface area contributed by atoms with Crippen molar-refractivity contribution in [3.63, 3.8) is 0 Å². The molecule has 0 N–H and O–H groups in total. The third kappa shape index (κ3) is 1.91. The molecular weight excluding hydrogens is 234 g/mol. The van der Waals surface area contributed by atoms with Gasteiger partial charge in [0.1, 0.15) is 0 Å². The van der Waals surface area contributed by atoms with Crippen LogP contribution in [0.4, 0.5) is 0 Å². The van der Waals surface area contributed by atoms with Gasteiger partial charge in [-0.1, -0.05) is 11.8 Å². The van der Waals surface area contributed by atoms with Gasteiger partial charge in [0.2, 0.25) is 0 Å². The normalized spacial score (nSPS) is 18.7. The van der Waals surface area contributed by atoms with Crippen molar-refractivity contribution in [3.8, 4) is 0 Å². The van der Waals surface area contributed by atoms with Crippen LogP contribution in [0.1, 0.15) is 16.9 Å². The second kappa shape index (κ2) is 4.41. The van der Waals surface area contributed by atoms with Crippen molar-refractivity contribution in [1.29, 1.82) is 0 Å². The van der Waals surface area contributed by atoms with Crippen molar-refractivity contribution in [2.75, 3.05) is 13.1 Å². The van der Waals surface area contributed by atoms with Crippen LogP contribution in [0.15, 0.2) is 34.4 Å². The molecule has 2 aliphatic rings. The minimum Gasteiger partial charge on any atom is -0.339 e. The van der Waals surface area contributed by atoms with Gasteiger partial charge in [0.05, 0.1) is 12.2 Å². The highest BCUT2D eigenvalue weighted by Gasteiger charge is 2.24. The first-order valence-electron chi connectivity index (χ1n) is 5.66. The Bertz CT molecular complexity index is 504. The maximum atomic E-state index is 10.9. The summed E-state index contributed by atoms with van der Waals surface area (Å²) in [4.78, 5) is 17.6. The zero-order valence-electron chi connectivity index (χ0n) is 9.37. The Morgan fingerprint density at radius 2 is 2.47 bits per heavy atom. The van der Waals surface area contributed by atoms with Crippen LogP contribution in [0.5, 0.6) is 0 Å². The van der Waals surface area contributed by atoms with Gasteiger partial charge in [-0.2, -0.15) is 0 Å². The van der Waals surface area contributed by atoms with E-state index in [-0.39, 0.29) is 0 Å². The van der Waals surface area contributed by atoms with Gasteiger partial charge in [-0.15, -0.1) is 0 Å². The number of aromatic nitrogens is 1. The van der Waals surface area contributed by atoms with E-state index in [1.165, 1.54) is 5.70 Å². The lowest BCUT2D eigenvalue weighted by Gasteiger charge is -2.25. The zero-order valence-corrected chi connectivity index (χ0v) is 10.2.